The number of carbonyl (C=O) groups is 1. The fourth-order valence-electron chi connectivity index (χ4n) is 1.97. The van der Waals surface area contributed by atoms with E-state index in [9.17, 15) is 9.18 Å². The molecule has 5 nitrogen and oxygen atoms in total. The maximum atomic E-state index is 13.5. The highest BCUT2D eigenvalue weighted by molar-refractivity contribution is 6.30. The molecular weight excluding hydrogens is 273 g/mol. The first kappa shape index (κ1) is 12.1. The predicted molar refractivity (Wildman–Crippen MR) is 65.3 cm³/mol. The molecule has 1 aliphatic rings. The molecule has 1 aromatic heterocycles. The molecule has 1 aliphatic carbocycles. The lowest BCUT2D eigenvalue weighted by atomic mass is 10.2. The summed E-state index contributed by atoms with van der Waals surface area (Å²) in [4.78, 5) is 11.1. The van der Waals surface area contributed by atoms with Crippen LogP contribution in [0, 0.1) is 5.82 Å². The van der Waals surface area contributed by atoms with Crippen LogP contribution in [0.3, 0.4) is 0 Å². The van der Waals surface area contributed by atoms with Gasteiger partial charge in [-0.25, -0.2) is 13.9 Å². The molecule has 0 aliphatic heterocycles. The van der Waals surface area contributed by atoms with Crippen molar-refractivity contribution in [3.63, 3.8) is 0 Å². The van der Waals surface area contributed by atoms with E-state index in [1.54, 1.807) is 6.07 Å². The van der Waals surface area contributed by atoms with Crippen LogP contribution in [0.15, 0.2) is 18.2 Å². The Bertz CT molecular complexity index is 667. The summed E-state index contributed by atoms with van der Waals surface area (Å²) in [5.74, 6) is -1.57. The van der Waals surface area contributed by atoms with Gasteiger partial charge in [0.25, 0.3) is 0 Å². The average molecular weight is 282 g/mol. The zero-order valence-electron chi connectivity index (χ0n) is 9.68. The Morgan fingerprint density at radius 3 is 2.79 bits per heavy atom. The van der Waals surface area contributed by atoms with Gasteiger partial charge in [-0.2, -0.15) is 0 Å². The van der Waals surface area contributed by atoms with E-state index < -0.39 is 11.8 Å². The topological polar surface area (TPSA) is 68.0 Å². The van der Waals surface area contributed by atoms with E-state index in [2.05, 4.69) is 10.3 Å². The van der Waals surface area contributed by atoms with Crippen molar-refractivity contribution in [2.75, 3.05) is 0 Å². The number of carboxylic acids is 1. The van der Waals surface area contributed by atoms with Gasteiger partial charge in [-0.3, -0.25) is 0 Å². The second-order valence-corrected chi connectivity index (χ2v) is 4.82. The second-order valence-electron chi connectivity index (χ2n) is 4.41. The van der Waals surface area contributed by atoms with Crippen molar-refractivity contribution in [2.24, 2.45) is 0 Å². The van der Waals surface area contributed by atoms with Gasteiger partial charge in [0.1, 0.15) is 5.82 Å². The molecule has 2 aromatic rings. The highest BCUT2D eigenvalue weighted by Gasteiger charge is 2.34. The minimum atomic E-state index is -1.12. The molecule has 1 N–H and O–H groups in total. The van der Waals surface area contributed by atoms with Gasteiger partial charge in [0.15, 0.2) is 5.69 Å². The van der Waals surface area contributed by atoms with Crippen molar-refractivity contribution in [3.05, 3.63) is 40.4 Å². The molecule has 0 spiro atoms. The minimum Gasteiger partial charge on any atom is -0.476 e. The van der Waals surface area contributed by atoms with E-state index in [4.69, 9.17) is 16.7 Å². The standard InChI is InChI=1S/C12H9ClFN3O2/c13-8-4-3-7(5-9(8)14)17-11(6-1-2-6)10(12(18)19)15-16-17/h3-6H,1-2H2,(H,18,19). The number of hydrogen-bond donors (Lipinski definition) is 1. The molecule has 0 amide bonds. The summed E-state index contributed by atoms with van der Waals surface area (Å²) in [5, 5.41) is 16.6. The van der Waals surface area contributed by atoms with Crippen LogP contribution in [0.4, 0.5) is 4.39 Å². The van der Waals surface area contributed by atoms with E-state index in [-0.39, 0.29) is 16.6 Å². The lowest BCUT2D eigenvalue weighted by Crippen LogP contribution is -2.06. The SMILES string of the molecule is O=C(O)c1nnn(-c2ccc(Cl)c(F)c2)c1C1CC1. The van der Waals surface area contributed by atoms with Gasteiger partial charge in [-0.1, -0.05) is 16.8 Å². The first-order valence-electron chi connectivity index (χ1n) is 5.72. The second kappa shape index (κ2) is 4.31. The highest BCUT2D eigenvalue weighted by Crippen LogP contribution is 2.42. The lowest BCUT2D eigenvalue weighted by Gasteiger charge is -2.06. The molecule has 0 bridgehead atoms. The Balaban J connectivity index is 2.14. The first-order valence-corrected chi connectivity index (χ1v) is 6.10. The minimum absolute atomic E-state index is 0.00953. The van der Waals surface area contributed by atoms with Crippen molar-refractivity contribution in [1.82, 2.24) is 15.0 Å². The molecule has 19 heavy (non-hydrogen) atoms. The largest absolute Gasteiger partial charge is 0.476 e. The van der Waals surface area contributed by atoms with Gasteiger partial charge < -0.3 is 5.11 Å². The van der Waals surface area contributed by atoms with Gasteiger partial charge in [0.05, 0.1) is 16.4 Å². The Labute approximate surface area is 112 Å². The summed E-state index contributed by atoms with van der Waals surface area (Å²) < 4.78 is 14.8. The Morgan fingerprint density at radius 2 is 2.21 bits per heavy atom. The number of hydrogen-bond acceptors (Lipinski definition) is 3. The van der Waals surface area contributed by atoms with E-state index in [0.29, 0.717) is 11.4 Å². The molecule has 1 aromatic carbocycles. The Hall–Kier alpha value is -1.95. The monoisotopic (exact) mass is 281 g/mol. The van der Waals surface area contributed by atoms with E-state index in [1.165, 1.54) is 16.8 Å². The van der Waals surface area contributed by atoms with Crippen LogP contribution in [-0.4, -0.2) is 26.1 Å². The molecule has 3 rings (SSSR count). The van der Waals surface area contributed by atoms with Crippen LogP contribution in [-0.2, 0) is 0 Å². The number of aromatic carboxylic acids is 1. The zero-order valence-corrected chi connectivity index (χ0v) is 10.4. The van der Waals surface area contributed by atoms with Crippen LogP contribution in [0.1, 0.15) is 34.9 Å². The smallest absolute Gasteiger partial charge is 0.358 e. The van der Waals surface area contributed by atoms with Gasteiger partial charge in [0.2, 0.25) is 0 Å². The van der Waals surface area contributed by atoms with Crippen LogP contribution >= 0.6 is 11.6 Å². The zero-order chi connectivity index (χ0) is 13.6. The fraction of sp³-hybridized carbons (Fsp3) is 0.250. The van der Waals surface area contributed by atoms with E-state index in [1.807, 2.05) is 0 Å². The molecule has 1 fully saturated rings. The molecule has 1 saturated carbocycles. The average Bonchev–Trinajstić information content (AvgIpc) is 3.11. The normalized spacial score (nSPS) is 14.6. The maximum Gasteiger partial charge on any atom is 0.358 e. The molecular formula is C12H9ClFN3O2. The van der Waals surface area contributed by atoms with Crippen LogP contribution < -0.4 is 0 Å². The van der Waals surface area contributed by atoms with Gasteiger partial charge in [0, 0.05) is 12.0 Å². The highest BCUT2D eigenvalue weighted by atomic mass is 35.5. The van der Waals surface area contributed by atoms with Gasteiger partial charge >= 0.3 is 5.97 Å². The van der Waals surface area contributed by atoms with Crippen LogP contribution in [0.5, 0.6) is 0 Å². The summed E-state index contributed by atoms with van der Waals surface area (Å²) >= 11 is 5.62. The van der Waals surface area contributed by atoms with E-state index in [0.717, 1.165) is 12.8 Å². The lowest BCUT2D eigenvalue weighted by molar-refractivity contribution is 0.0689. The maximum absolute atomic E-state index is 13.5. The number of benzene rings is 1. The third-order valence-electron chi connectivity index (χ3n) is 3.02. The summed E-state index contributed by atoms with van der Waals surface area (Å²) in [6.07, 6.45) is 1.79. The summed E-state index contributed by atoms with van der Waals surface area (Å²) in [6, 6.07) is 4.21. The Kier molecular flexibility index (Phi) is 2.74. The number of rotatable bonds is 3. The third-order valence-corrected chi connectivity index (χ3v) is 3.33. The summed E-state index contributed by atoms with van der Waals surface area (Å²) in [7, 11) is 0. The Morgan fingerprint density at radius 1 is 1.47 bits per heavy atom. The molecule has 1 heterocycles. The van der Waals surface area contributed by atoms with Crippen molar-refractivity contribution in [2.45, 2.75) is 18.8 Å². The molecule has 7 heteroatoms. The first-order chi connectivity index (χ1) is 9.08. The number of aromatic nitrogens is 3. The van der Waals surface area contributed by atoms with E-state index >= 15 is 0 Å². The predicted octanol–water partition coefficient (Wildman–Crippen LogP) is 2.64. The van der Waals surface area contributed by atoms with Gasteiger partial charge in [-0.15, -0.1) is 5.10 Å². The van der Waals surface area contributed by atoms with Crippen molar-refractivity contribution < 1.29 is 14.3 Å². The quantitative estimate of drug-likeness (QED) is 0.939. The van der Waals surface area contributed by atoms with Gasteiger partial charge in [-0.05, 0) is 25.0 Å². The number of halogens is 2. The number of carboxylic acid groups (broad SMARTS) is 1. The molecule has 98 valence electrons. The van der Waals surface area contributed by atoms with Crippen LogP contribution in [0.25, 0.3) is 5.69 Å². The van der Waals surface area contributed by atoms with Crippen molar-refractivity contribution >= 4 is 17.6 Å². The molecule has 0 saturated heterocycles. The fourth-order valence-corrected chi connectivity index (χ4v) is 2.09. The molecule has 0 unspecified atom stereocenters. The van der Waals surface area contributed by atoms with Crippen molar-refractivity contribution in [3.8, 4) is 5.69 Å². The molecule has 0 atom stereocenters. The van der Waals surface area contributed by atoms with Crippen LogP contribution in [0.2, 0.25) is 5.02 Å². The summed E-state index contributed by atoms with van der Waals surface area (Å²) in [5.41, 5.74) is 0.871. The number of nitrogens with zero attached hydrogens (tertiary/aromatic N) is 3. The van der Waals surface area contributed by atoms with Crippen molar-refractivity contribution in [1.29, 1.82) is 0 Å². The third kappa shape index (κ3) is 2.08. The molecule has 0 radical (unpaired) electrons. The summed E-state index contributed by atoms with van der Waals surface area (Å²) in [6.45, 7) is 0.